The second-order valence-corrected chi connectivity index (χ2v) is 4.44. The molecule has 2 aromatic rings. The van der Waals surface area contributed by atoms with Crippen LogP contribution in [0.25, 0.3) is 0 Å². The number of aromatic nitrogens is 2. The molecule has 5 heteroatoms. The zero-order valence-electron chi connectivity index (χ0n) is 10.5. The molecule has 0 aliphatic carbocycles. The quantitative estimate of drug-likeness (QED) is 0.818. The van der Waals surface area contributed by atoms with Crippen molar-refractivity contribution in [3.8, 4) is 0 Å². The maximum Gasteiger partial charge on any atom is 0.148 e. The van der Waals surface area contributed by atoms with Gasteiger partial charge in [0.05, 0.1) is 5.69 Å². The molecular formula is C13H17FN4. The number of nitrogens with two attached hydrogens (primary N) is 1. The summed E-state index contributed by atoms with van der Waals surface area (Å²) in [5, 5.41) is 7.47. The van der Waals surface area contributed by atoms with Crippen molar-refractivity contribution in [2.24, 2.45) is 0 Å². The highest BCUT2D eigenvalue weighted by molar-refractivity contribution is 5.49. The average molecular weight is 248 g/mol. The van der Waals surface area contributed by atoms with Crippen molar-refractivity contribution in [1.29, 1.82) is 0 Å². The van der Waals surface area contributed by atoms with Crippen molar-refractivity contribution in [1.82, 2.24) is 9.78 Å². The van der Waals surface area contributed by atoms with E-state index in [1.807, 2.05) is 16.9 Å². The van der Waals surface area contributed by atoms with Crippen LogP contribution in [0, 0.1) is 5.82 Å². The number of halogens is 1. The number of benzene rings is 1. The molecule has 0 spiro atoms. The summed E-state index contributed by atoms with van der Waals surface area (Å²) in [7, 11) is 0. The fraction of sp³-hybridized carbons (Fsp3) is 0.308. The van der Waals surface area contributed by atoms with Crippen LogP contribution < -0.4 is 11.1 Å². The van der Waals surface area contributed by atoms with Gasteiger partial charge in [-0.1, -0.05) is 12.1 Å². The molecule has 18 heavy (non-hydrogen) atoms. The second-order valence-electron chi connectivity index (χ2n) is 4.44. The van der Waals surface area contributed by atoms with Crippen LogP contribution in [0.3, 0.4) is 0 Å². The van der Waals surface area contributed by atoms with Crippen molar-refractivity contribution in [2.45, 2.75) is 26.4 Å². The highest BCUT2D eigenvalue weighted by Gasteiger charge is 2.05. The molecule has 2 rings (SSSR count). The van der Waals surface area contributed by atoms with E-state index in [1.54, 1.807) is 12.1 Å². The lowest BCUT2D eigenvalue weighted by Gasteiger charge is -2.08. The predicted octanol–water partition coefficient (Wildman–Crippen LogP) is 2.80. The van der Waals surface area contributed by atoms with E-state index in [-0.39, 0.29) is 11.5 Å². The zero-order valence-corrected chi connectivity index (χ0v) is 10.5. The van der Waals surface area contributed by atoms with Gasteiger partial charge in [-0.2, -0.15) is 5.10 Å². The molecule has 0 amide bonds. The lowest BCUT2D eigenvalue weighted by molar-refractivity contribution is 0.534. The molecular weight excluding hydrogens is 231 g/mol. The van der Waals surface area contributed by atoms with Crippen molar-refractivity contribution in [3.63, 3.8) is 0 Å². The van der Waals surface area contributed by atoms with Crippen molar-refractivity contribution >= 4 is 11.5 Å². The van der Waals surface area contributed by atoms with Crippen LogP contribution in [0.2, 0.25) is 0 Å². The SMILES string of the molecule is CC(C)n1ccc(NCc2cccc(F)c2N)n1. The number of hydrogen-bond acceptors (Lipinski definition) is 3. The summed E-state index contributed by atoms with van der Waals surface area (Å²) in [5.41, 5.74) is 6.58. The molecule has 0 aliphatic rings. The molecule has 4 nitrogen and oxygen atoms in total. The van der Waals surface area contributed by atoms with Crippen molar-refractivity contribution in [3.05, 3.63) is 41.8 Å². The molecule has 0 bridgehead atoms. The van der Waals surface area contributed by atoms with Gasteiger partial charge in [0.1, 0.15) is 11.6 Å². The average Bonchev–Trinajstić information content (AvgIpc) is 2.80. The summed E-state index contributed by atoms with van der Waals surface area (Å²) >= 11 is 0. The number of nitrogens with zero attached hydrogens (tertiary/aromatic N) is 2. The first-order chi connectivity index (χ1) is 8.58. The van der Waals surface area contributed by atoms with Gasteiger partial charge in [-0.25, -0.2) is 4.39 Å². The molecule has 0 atom stereocenters. The van der Waals surface area contributed by atoms with Gasteiger partial charge in [-0.15, -0.1) is 0 Å². The van der Waals surface area contributed by atoms with Crippen LogP contribution in [0.1, 0.15) is 25.5 Å². The van der Waals surface area contributed by atoms with Gasteiger partial charge in [0.25, 0.3) is 0 Å². The third-order valence-corrected chi connectivity index (χ3v) is 2.74. The van der Waals surface area contributed by atoms with Gasteiger partial charge in [-0.05, 0) is 25.5 Å². The topological polar surface area (TPSA) is 55.9 Å². The largest absolute Gasteiger partial charge is 0.396 e. The number of nitrogen functional groups attached to an aromatic ring is 1. The Morgan fingerprint density at radius 1 is 1.39 bits per heavy atom. The predicted molar refractivity (Wildman–Crippen MR) is 70.8 cm³/mol. The van der Waals surface area contributed by atoms with Gasteiger partial charge in [0, 0.05) is 24.8 Å². The van der Waals surface area contributed by atoms with Crippen molar-refractivity contribution < 1.29 is 4.39 Å². The molecule has 0 aliphatic heterocycles. The van der Waals surface area contributed by atoms with Gasteiger partial charge in [0.15, 0.2) is 0 Å². The van der Waals surface area contributed by atoms with Crippen LogP contribution in [0.5, 0.6) is 0 Å². The fourth-order valence-electron chi connectivity index (χ4n) is 1.64. The van der Waals surface area contributed by atoms with E-state index in [0.717, 1.165) is 11.4 Å². The monoisotopic (exact) mass is 248 g/mol. The van der Waals surface area contributed by atoms with Crippen LogP contribution in [0.4, 0.5) is 15.9 Å². The summed E-state index contributed by atoms with van der Waals surface area (Å²) in [6.07, 6.45) is 1.90. The Balaban J connectivity index is 2.04. The van der Waals surface area contributed by atoms with E-state index in [9.17, 15) is 4.39 Å². The lowest BCUT2D eigenvalue weighted by Crippen LogP contribution is -2.06. The standard InChI is InChI=1S/C13H17FN4/c1-9(2)18-7-6-12(17-18)16-8-10-4-3-5-11(14)13(10)15/h3-7,9H,8,15H2,1-2H3,(H,16,17). The van der Waals surface area contributed by atoms with E-state index in [0.29, 0.717) is 12.6 Å². The third kappa shape index (κ3) is 2.61. The Bertz CT molecular complexity index is 534. The minimum absolute atomic E-state index is 0.188. The second kappa shape index (κ2) is 5.08. The Morgan fingerprint density at radius 3 is 2.83 bits per heavy atom. The normalized spacial score (nSPS) is 10.9. The summed E-state index contributed by atoms with van der Waals surface area (Å²) in [6, 6.07) is 7.00. The summed E-state index contributed by atoms with van der Waals surface area (Å²) in [6.45, 7) is 4.57. The van der Waals surface area contributed by atoms with Crippen LogP contribution >= 0.6 is 0 Å². The fourth-order valence-corrected chi connectivity index (χ4v) is 1.64. The number of para-hydroxylation sites is 1. The van der Waals surface area contributed by atoms with E-state index in [1.165, 1.54) is 6.07 Å². The first-order valence-corrected chi connectivity index (χ1v) is 5.90. The first-order valence-electron chi connectivity index (χ1n) is 5.90. The third-order valence-electron chi connectivity index (χ3n) is 2.74. The first kappa shape index (κ1) is 12.4. The summed E-state index contributed by atoms with van der Waals surface area (Å²) in [5.74, 6) is 0.370. The number of nitrogens with one attached hydrogen (secondary N) is 1. The Kier molecular flexibility index (Phi) is 3.50. The smallest absolute Gasteiger partial charge is 0.148 e. The molecule has 0 fully saturated rings. The zero-order chi connectivity index (χ0) is 13.1. The molecule has 1 heterocycles. The van der Waals surface area contributed by atoms with Crippen LogP contribution in [-0.4, -0.2) is 9.78 Å². The molecule has 0 unspecified atom stereocenters. The van der Waals surface area contributed by atoms with Crippen molar-refractivity contribution in [2.75, 3.05) is 11.1 Å². The van der Waals surface area contributed by atoms with Gasteiger partial charge < -0.3 is 11.1 Å². The van der Waals surface area contributed by atoms with Gasteiger partial charge in [0.2, 0.25) is 0 Å². The summed E-state index contributed by atoms with van der Waals surface area (Å²) < 4.78 is 15.1. The molecule has 3 N–H and O–H groups in total. The van der Waals surface area contributed by atoms with E-state index in [2.05, 4.69) is 24.3 Å². The Morgan fingerprint density at radius 2 is 2.17 bits per heavy atom. The van der Waals surface area contributed by atoms with Gasteiger partial charge in [-0.3, -0.25) is 4.68 Å². The number of hydrogen-bond donors (Lipinski definition) is 2. The molecule has 96 valence electrons. The Labute approximate surface area is 106 Å². The minimum Gasteiger partial charge on any atom is -0.396 e. The van der Waals surface area contributed by atoms with Crippen LogP contribution in [0.15, 0.2) is 30.5 Å². The Hall–Kier alpha value is -2.04. The molecule has 0 saturated heterocycles. The molecule has 1 aromatic heterocycles. The molecule has 0 radical (unpaired) electrons. The summed E-state index contributed by atoms with van der Waals surface area (Å²) in [4.78, 5) is 0. The van der Waals surface area contributed by atoms with E-state index >= 15 is 0 Å². The highest BCUT2D eigenvalue weighted by Crippen LogP contribution is 2.17. The molecule has 0 saturated carbocycles. The lowest BCUT2D eigenvalue weighted by atomic mass is 10.2. The maximum atomic E-state index is 13.2. The van der Waals surface area contributed by atoms with Crippen LogP contribution in [-0.2, 0) is 6.54 Å². The number of rotatable bonds is 4. The van der Waals surface area contributed by atoms with E-state index in [4.69, 9.17) is 5.73 Å². The highest BCUT2D eigenvalue weighted by atomic mass is 19.1. The van der Waals surface area contributed by atoms with Gasteiger partial charge >= 0.3 is 0 Å². The van der Waals surface area contributed by atoms with E-state index < -0.39 is 0 Å². The molecule has 1 aromatic carbocycles. The number of anilines is 2. The maximum absolute atomic E-state index is 13.2. The minimum atomic E-state index is -0.387.